The lowest BCUT2D eigenvalue weighted by Crippen LogP contribution is -2.30. The summed E-state index contributed by atoms with van der Waals surface area (Å²) in [7, 11) is 0. The van der Waals surface area contributed by atoms with E-state index in [1.54, 1.807) is 13.0 Å². The molecule has 0 saturated carbocycles. The first kappa shape index (κ1) is 16.2. The topological polar surface area (TPSA) is 83.7 Å². The Hall–Kier alpha value is -1.82. The van der Waals surface area contributed by atoms with Gasteiger partial charge in [-0.05, 0) is 38.3 Å². The molecule has 0 atom stereocenters. The fourth-order valence-electron chi connectivity index (χ4n) is 2.57. The number of halogens is 1. The highest BCUT2D eigenvalue weighted by Gasteiger charge is 2.26. The van der Waals surface area contributed by atoms with Gasteiger partial charge in [-0.25, -0.2) is 4.79 Å². The molecule has 7 heteroatoms. The Morgan fingerprint density at radius 3 is 2.40 bits per heavy atom. The Morgan fingerprint density at radius 2 is 1.90 bits per heavy atom. The summed E-state index contributed by atoms with van der Waals surface area (Å²) in [6.07, 6.45) is 3.30. The predicted octanol–water partition coefficient (Wildman–Crippen LogP) is 3.01. The number of hydrogen-bond acceptors (Lipinski definition) is 4. The third-order valence-corrected chi connectivity index (χ3v) is 3.51. The summed E-state index contributed by atoms with van der Waals surface area (Å²) in [5.41, 5.74) is 0.669. The van der Waals surface area contributed by atoms with Gasteiger partial charge in [0.2, 0.25) is 0 Å². The van der Waals surface area contributed by atoms with Crippen LogP contribution in [0.2, 0.25) is 0 Å². The summed E-state index contributed by atoms with van der Waals surface area (Å²) in [5, 5.41) is 20.1. The molecule has 1 aliphatic heterocycles. The molecule has 1 aromatic rings. The van der Waals surface area contributed by atoms with Crippen molar-refractivity contribution in [2.45, 2.75) is 26.2 Å². The molecule has 0 aromatic heterocycles. The summed E-state index contributed by atoms with van der Waals surface area (Å²) in [6.45, 7) is 3.35. The lowest BCUT2D eigenvalue weighted by atomic mass is 10.0. The second-order valence-corrected chi connectivity index (χ2v) is 4.72. The van der Waals surface area contributed by atoms with Crippen LogP contribution in [0.25, 0.3) is 0 Å². The van der Waals surface area contributed by atoms with E-state index in [2.05, 4.69) is 4.90 Å². The normalized spacial score (nSPS) is 14.6. The highest BCUT2D eigenvalue weighted by Crippen LogP contribution is 2.33. The van der Waals surface area contributed by atoms with Gasteiger partial charge in [-0.15, -0.1) is 12.4 Å². The second kappa shape index (κ2) is 6.56. The van der Waals surface area contributed by atoms with Crippen LogP contribution in [-0.4, -0.2) is 29.1 Å². The quantitative estimate of drug-likeness (QED) is 0.685. The van der Waals surface area contributed by atoms with Crippen molar-refractivity contribution in [3.05, 3.63) is 33.4 Å². The van der Waals surface area contributed by atoms with Gasteiger partial charge in [0, 0.05) is 18.8 Å². The van der Waals surface area contributed by atoms with Crippen molar-refractivity contribution >= 4 is 29.8 Å². The maximum atomic E-state index is 11.1. The number of carboxylic acids is 1. The molecule has 20 heavy (non-hydrogen) atoms. The molecule has 110 valence electrons. The van der Waals surface area contributed by atoms with Crippen LogP contribution in [0, 0.1) is 17.0 Å². The zero-order chi connectivity index (χ0) is 14.0. The minimum absolute atomic E-state index is 0. The van der Waals surface area contributed by atoms with E-state index in [1.165, 1.54) is 12.5 Å². The van der Waals surface area contributed by atoms with Gasteiger partial charge >= 0.3 is 5.97 Å². The Balaban J connectivity index is 0.00000200. The molecule has 0 unspecified atom stereocenters. The lowest BCUT2D eigenvalue weighted by Gasteiger charge is -2.30. The van der Waals surface area contributed by atoms with Crippen molar-refractivity contribution in [2.75, 3.05) is 18.0 Å². The summed E-state index contributed by atoms with van der Waals surface area (Å²) < 4.78 is 0. The minimum Gasteiger partial charge on any atom is -0.477 e. The summed E-state index contributed by atoms with van der Waals surface area (Å²) in [6, 6.07) is 3.01. The van der Waals surface area contributed by atoms with Gasteiger partial charge < -0.3 is 10.0 Å². The molecule has 0 bridgehead atoms. The molecule has 1 N–H and O–H groups in total. The minimum atomic E-state index is -1.26. The van der Waals surface area contributed by atoms with Crippen LogP contribution in [0.1, 0.15) is 35.2 Å². The molecule has 1 heterocycles. The first-order chi connectivity index (χ1) is 9.02. The molecular formula is C13H17ClN2O4. The number of anilines is 1. The monoisotopic (exact) mass is 300 g/mol. The summed E-state index contributed by atoms with van der Waals surface area (Å²) in [5.74, 6) is -1.26. The molecule has 1 fully saturated rings. The van der Waals surface area contributed by atoms with Crippen molar-refractivity contribution in [1.29, 1.82) is 0 Å². The molecule has 0 amide bonds. The fourth-order valence-corrected chi connectivity index (χ4v) is 2.57. The number of nitro benzene ring substituents is 1. The first-order valence-corrected chi connectivity index (χ1v) is 6.28. The molecule has 0 radical (unpaired) electrons. The SMILES string of the molecule is Cc1c(N2CCCCC2)ccc(C(=O)O)c1[N+](=O)[O-].Cl. The molecule has 2 rings (SSSR count). The first-order valence-electron chi connectivity index (χ1n) is 6.28. The highest BCUT2D eigenvalue weighted by molar-refractivity contribution is 5.94. The van der Waals surface area contributed by atoms with E-state index in [9.17, 15) is 14.9 Å². The van der Waals surface area contributed by atoms with Crippen molar-refractivity contribution < 1.29 is 14.8 Å². The summed E-state index contributed by atoms with van der Waals surface area (Å²) >= 11 is 0. The second-order valence-electron chi connectivity index (χ2n) is 4.72. The van der Waals surface area contributed by atoms with Crippen LogP contribution in [-0.2, 0) is 0 Å². The highest BCUT2D eigenvalue weighted by atomic mass is 35.5. The number of carbonyl (C=O) groups is 1. The average Bonchev–Trinajstić information content (AvgIpc) is 2.38. The molecular weight excluding hydrogens is 284 g/mol. The van der Waals surface area contributed by atoms with Crippen LogP contribution in [0.3, 0.4) is 0 Å². The summed E-state index contributed by atoms with van der Waals surface area (Å²) in [4.78, 5) is 23.6. The van der Waals surface area contributed by atoms with Crippen LogP contribution < -0.4 is 4.90 Å². The third kappa shape index (κ3) is 3.01. The third-order valence-electron chi connectivity index (χ3n) is 3.51. The van der Waals surface area contributed by atoms with Gasteiger partial charge in [0.1, 0.15) is 5.56 Å². The van der Waals surface area contributed by atoms with Crippen molar-refractivity contribution in [3.63, 3.8) is 0 Å². The van der Waals surface area contributed by atoms with E-state index >= 15 is 0 Å². The Labute approximate surface area is 123 Å². The molecule has 1 aliphatic rings. The molecule has 0 aliphatic carbocycles. The van der Waals surface area contributed by atoms with Crippen molar-refractivity contribution in [3.8, 4) is 0 Å². The Bertz CT molecular complexity index is 527. The number of benzene rings is 1. The number of piperidine rings is 1. The molecule has 0 spiro atoms. The van der Waals surface area contributed by atoms with E-state index in [0.29, 0.717) is 5.56 Å². The number of nitrogens with zero attached hydrogens (tertiary/aromatic N) is 2. The van der Waals surface area contributed by atoms with E-state index in [1.807, 2.05) is 0 Å². The molecule has 1 aromatic carbocycles. The molecule has 6 nitrogen and oxygen atoms in total. The maximum Gasteiger partial charge on any atom is 0.342 e. The number of rotatable bonds is 3. The van der Waals surface area contributed by atoms with Crippen LogP contribution in [0.4, 0.5) is 11.4 Å². The predicted molar refractivity (Wildman–Crippen MR) is 78.1 cm³/mol. The Kier molecular flexibility index (Phi) is 5.33. The van der Waals surface area contributed by atoms with Crippen LogP contribution >= 0.6 is 12.4 Å². The van der Waals surface area contributed by atoms with Crippen LogP contribution in [0.15, 0.2) is 12.1 Å². The largest absolute Gasteiger partial charge is 0.477 e. The molecule has 1 saturated heterocycles. The van der Waals surface area contributed by atoms with Crippen molar-refractivity contribution in [2.24, 2.45) is 0 Å². The zero-order valence-electron chi connectivity index (χ0n) is 11.2. The number of aromatic carboxylic acids is 1. The van der Waals surface area contributed by atoms with Gasteiger partial charge in [-0.2, -0.15) is 0 Å². The fraction of sp³-hybridized carbons (Fsp3) is 0.462. The smallest absolute Gasteiger partial charge is 0.342 e. The van der Waals surface area contributed by atoms with Crippen LogP contribution in [0.5, 0.6) is 0 Å². The number of nitro groups is 1. The maximum absolute atomic E-state index is 11.1. The van der Waals surface area contributed by atoms with E-state index in [4.69, 9.17) is 5.11 Å². The standard InChI is InChI=1S/C13H16N2O4.ClH/c1-9-11(14-7-3-2-4-8-14)6-5-10(13(16)17)12(9)15(18)19;/h5-6H,2-4,7-8H2,1H3,(H,16,17);1H. The van der Waals surface area contributed by atoms with Gasteiger partial charge in [-0.3, -0.25) is 10.1 Å². The average molecular weight is 301 g/mol. The van der Waals surface area contributed by atoms with Gasteiger partial charge in [0.25, 0.3) is 5.69 Å². The Morgan fingerprint density at radius 1 is 1.30 bits per heavy atom. The zero-order valence-corrected chi connectivity index (χ0v) is 12.0. The van der Waals surface area contributed by atoms with Gasteiger partial charge in [0.15, 0.2) is 0 Å². The number of hydrogen-bond donors (Lipinski definition) is 1. The van der Waals surface area contributed by atoms with Gasteiger partial charge in [-0.1, -0.05) is 0 Å². The number of carboxylic acid groups (broad SMARTS) is 1. The van der Waals surface area contributed by atoms with E-state index in [-0.39, 0.29) is 23.7 Å². The van der Waals surface area contributed by atoms with Crippen molar-refractivity contribution in [1.82, 2.24) is 0 Å². The van der Waals surface area contributed by atoms with Gasteiger partial charge in [0.05, 0.1) is 10.5 Å². The van der Waals surface area contributed by atoms with E-state index < -0.39 is 10.9 Å². The van der Waals surface area contributed by atoms with E-state index in [0.717, 1.165) is 31.6 Å². The lowest BCUT2D eigenvalue weighted by molar-refractivity contribution is -0.385.